The Labute approximate surface area is 109 Å². The van der Waals surface area contributed by atoms with Crippen LogP contribution in [0.1, 0.15) is 26.5 Å². The number of aliphatic hydroxyl groups is 1. The molecular formula is C12H16N4O3. The van der Waals surface area contributed by atoms with Gasteiger partial charge in [0.1, 0.15) is 12.4 Å². The first-order chi connectivity index (χ1) is 9.13. The van der Waals surface area contributed by atoms with E-state index in [1.807, 2.05) is 13.8 Å². The topological polar surface area (TPSA) is 81.7 Å². The van der Waals surface area contributed by atoms with Gasteiger partial charge in [-0.1, -0.05) is 13.8 Å². The zero-order valence-corrected chi connectivity index (χ0v) is 10.8. The number of rotatable bonds is 2. The zero-order chi connectivity index (χ0) is 13.6. The Bertz CT molecular complexity index is 650. The Morgan fingerprint density at radius 3 is 3.00 bits per heavy atom. The highest BCUT2D eigenvalue weighted by atomic mass is 16.5. The molecule has 2 aromatic rings. The number of nitrogens with zero attached hydrogens (tertiary/aromatic N) is 4. The average Bonchev–Trinajstić information content (AvgIpc) is 2.98. The normalized spacial score (nSPS) is 31.1. The second kappa shape index (κ2) is 4.43. The highest BCUT2D eigenvalue weighted by Gasteiger charge is 2.41. The molecule has 1 saturated heterocycles. The lowest BCUT2D eigenvalue weighted by Gasteiger charge is -2.17. The highest BCUT2D eigenvalue weighted by Crippen LogP contribution is 2.34. The third kappa shape index (κ3) is 1.77. The van der Waals surface area contributed by atoms with Crippen LogP contribution in [-0.2, 0) is 4.74 Å². The summed E-state index contributed by atoms with van der Waals surface area (Å²) in [6, 6.07) is 0. The molecule has 1 fully saturated rings. The molecule has 1 N–H and O–H groups in total. The predicted molar refractivity (Wildman–Crippen MR) is 66.6 cm³/mol. The fourth-order valence-corrected chi connectivity index (χ4v) is 2.56. The Morgan fingerprint density at radius 1 is 1.53 bits per heavy atom. The summed E-state index contributed by atoms with van der Waals surface area (Å²) in [5, 5.41) is 14.3. The van der Waals surface area contributed by atoms with E-state index in [1.54, 1.807) is 6.20 Å². The maximum Gasteiger partial charge on any atom is 0.299 e. The molecule has 0 aromatic carbocycles. The first-order valence-corrected chi connectivity index (χ1v) is 6.37. The minimum atomic E-state index is -0.720. The fourth-order valence-electron chi connectivity index (χ4n) is 2.56. The fraction of sp³-hybridized carbons (Fsp3) is 0.583. The van der Waals surface area contributed by atoms with E-state index in [4.69, 9.17) is 4.74 Å². The van der Waals surface area contributed by atoms with Crippen molar-refractivity contribution >= 4 is 5.65 Å². The maximum absolute atomic E-state index is 12.3. The number of hydrogen-bond acceptors (Lipinski definition) is 5. The van der Waals surface area contributed by atoms with Crippen LogP contribution in [0.4, 0.5) is 0 Å². The summed E-state index contributed by atoms with van der Waals surface area (Å²) in [6.07, 6.45) is 3.83. The third-order valence-electron chi connectivity index (χ3n) is 3.76. The first kappa shape index (κ1) is 12.3. The monoisotopic (exact) mass is 264 g/mol. The Balaban J connectivity index is 2.05. The van der Waals surface area contributed by atoms with Gasteiger partial charge in [-0.2, -0.15) is 5.10 Å². The van der Waals surface area contributed by atoms with Crippen molar-refractivity contribution in [3.05, 3.63) is 29.1 Å². The van der Waals surface area contributed by atoms with Crippen LogP contribution in [0.3, 0.4) is 0 Å². The van der Waals surface area contributed by atoms with Gasteiger partial charge in [0.25, 0.3) is 5.56 Å². The van der Waals surface area contributed by atoms with Crippen molar-refractivity contribution in [2.75, 3.05) is 0 Å². The first-order valence-electron chi connectivity index (χ1n) is 6.37. The molecule has 1 aliphatic heterocycles. The van der Waals surface area contributed by atoms with E-state index < -0.39 is 12.3 Å². The molecule has 0 spiro atoms. The van der Waals surface area contributed by atoms with Crippen molar-refractivity contribution in [3.63, 3.8) is 0 Å². The summed E-state index contributed by atoms with van der Waals surface area (Å²) in [5.74, 6) is -0.0159. The van der Waals surface area contributed by atoms with Crippen molar-refractivity contribution in [1.82, 2.24) is 19.2 Å². The number of hydrogen-bond donors (Lipinski definition) is 1. The number of ether oxygens (including phenoxy) is 1. The average molecular weight is 264 g/mol. The Kier molecular flexibility index (Phi) is 2.87. The number of fused-ring (bicyclic) bond motifs is 1. The lowest BCUT2D eigenvalue weighted by molar-refractivity contribution is -0.0403. The van der Waals surface area contributed by atoms with Gasteiger partial charge in [-0.3, -0.25) is 9.36 Å². The van der Waals surface area contributed by atoms with Crippen LogP contribution in [0.15, 0.2) is 23.5 Å². The van der Waals surface area contributed by atoms with Gasteiger partial charge in [0.05, 0.1) is 6.10 Å². The molecular weight excluding hydrogens is 248 g/mol. The van der Waals surface area contributed by atoms with Gasteiger partial charge in [-0.05, 0) is 6.42 Å². The predicted octanol–water partition coefficient (Wildman–Crippen LogP) is 0.195. The molecule has 0 aliphatic carbocycles. The third-order valence-corrected chi connectivity index (χ3v) is 3.76. The van der Waals surface area contributed by atoms with Crippen LogP contribution in [-0.4, -0.2) is 36.5 Å². The lowest BCUT2D eigenvalue weighted by atomic mass is 9.99. The van der Waals surface area contributed by atoms with Gasteiger partial charge in [0.15, 0.2) is 6.23 Å². The van der Waals surface area contributed by atoms with Crippen molar-refractivity contribution in [1.29, 1.82) is 0 Å². The second-order valence-electron chi connectivity index (χ2n) is 4.86. The summed E-state index contributed by atoms with van der Waals surface area (Å²) in [5.41, 5.74) is -0.0843. The molecule has 4 atom stereocenters. The number of imidazole rings is 1. The van der Waals surface area contributed by atoms with Gasteiger partial charge < -0.3 is 9.84 Å². The molecule has 0 amide bonds. The smallest absolute Gasteiger partial charge is 0.299 e. The van der Waals surface area contributed by atoms with E-state index in [2.05, 4.69) is 10.1 Å². The molecule has 19 heavy (non-hydrogen) atoms. The number of aromatic nitrogens is 4. The Hall–Kier alpha value is -1.73. The minimum Gasteiger partial charge on any atom is -0.388 e. The summed E-state index contributed by atoms with van der Waals surface area (Å²) in [4.78, 5) is 16.2. The van der Waals surface area contributed by atoms with Crippen LogP contribution in [0.25, 0.3) is 5.65 Å². The zero-order valence-electron chi connectivity index (χ0n) is 10.8. The van der Waals surface area contributed by atoms with Crippen LogP contribution in [0, 0.1) is 5.92 Å². The number of aliphatic hydroxyl groups excluding tert-OH is 1. The van der Waals surface area contributed by atoms with E-state index in [0.717, 1.165) is 6.42 Å². The summed E-state index contributed by atoms with van der Waals surface area (Å²) in [6.45, 7) is 3.92. The second-order valence-corrected chi connectivity index (χ2v) is 4.86. The maximum atomic E-state index is 12.3. The molecule has 0 radical (unpaired) electrons. The molecule has 1 aliphatic rings. The molecule has 0 saturated carbocycles. The van der Waals surface area contributed by atoms with Gasteiger partial charge in [-0.25, -0.2) is 9.50 Å². The SMILES string of the molecule is CC[C@H]1O[C@@H](n2cnn3ccnc3c2=O)[C@H](O)[C@@H]1C. The lowest BCUT2D eigenvalue weighted by Crippen LogP contribution is -2.33. The van der Waals surface area contributed by atoms with E-state index in [1.165, 1.54) is 21.6 Å². The van der Waals surface area contributed by atoms with Gasteiger partial charge >= 0.3 is 0 Å². The summed E-state index contributed by atoms with van der Waals surface area (Å²) in [7, 11) is 0. The standard InChI is InChI=1S/C12H16N4O3/c1-3-8-7(2)9(17)12(19-8)15-6-14-16-5-4-13-10(16)11(15)18/h4-9,12,17H,3H2,1-2H3/t7-,8-,9-,12-/m1/s1. The molecule has 102 valence electrons. The van der Waals surface area contributed by atoms with Crippen molar-refractivity contribution < 1.29 is 9.84 Å². The minimum absolute atomic E-state index is 0.0159. The van der Waals surface area contributed by atoms with Gasteiger partial charge in [0.2, 0.25) is 5.65 Å². The van der Waals surface area contributed by atoms with Crippen LogP contribution >= 0.6 is 0 Å². The van der Waals surface area contributed by atoms with E-state index in [-0.39, 0.29) is 23.2 Å². The highest BCUT2D eigenvalue weighted by molar-refractivity contribution is 5.32. The molecule has 3 heterocycles. The summed E-state index contributed by atoms with van der Waals surface area (Å²) >= 11 is 0. The van der Waals surface area contributed by atoms with E-state index in [0.29, 0.717) is 0 Å². The molecule has 7 nitrogen and oxygen atoms in total. The summed E-state index contributed by atoms with van der Waals surface area (Å²) < 4.78 is 8.49. The molecule has 0 unspecified atom stereocenters. The largest absolute Gasteiger partial charge is 0.388 e. The van der Waals surface area contributed by atoms with Gasteiger partial charge in [0, 0.05) is 18.3 Å². The van der Waals surface area contributed by atoms with Gasteiger partial charge in [-0.15, -0.1) is 0 Å². The van der Waals surface area contributed by atoms with Crippen LogP contribution in [0.5, 0.6) is 0 Å². The van der Waals surface area contributed by atoms with E-state index >= 15 is 0 Å². The van der Waals surface area contributed by atoms with Crippen molar-refractivity contribution in [3.8, 4) is 0 Å². The Morgan fingerprint density at radius 2 is 2.32 bits per heavy atom. The molecule has 2 aromatic heterocycles. The molecule has 0 bridgehead atoms. The quantitative estimate of drug-likeness (QED) is 0.837. The molecule has 7 heteroatoms. The van der Waals surface area contributed by atoms with Crippen molar-refractivity contribution in [2.24, 2.45) is 5.92 Å². The van der Waals surface area contributed by atoms with Crippen molar-refractivity contribution in [2.45, 2.75) is 38.7 Å². The molecule has 3 rings (SSSR count). The van der Waals surface area contributed by atoms with E-state index in [9.17, 15) is 9.90 Å². The van der Waals surface area contributed by atoms with Crippen LogP contribution in [0.2, 0.25) is 0 Å². The van der Waals surface area contributed by atoms with Crippen LogP contribution < -0.4 is 5.56 Å².